The number of hydrogen-bond acceptors (Lipinski definition) is 4. The summed E-state index contributed by atoms with van der Waals surface area (Å²) in [6, 6.07) is 6.93. The molecule has 1 rings (SSSR count). The smallest absolute Gasteiger partial charge is 0.321 e. The SMILES string of the molecule is Cc1ccccc1OCCSC(C)(C)[C@H](N)C(=O)O. The summed E-state index contributed by atoms with van der Waals surface area (Å²) in [5.41, 5.74) is 6.74. The zero-order valence-corrected chi connectivity index (χ0v) is 12.4. The standard InChI is InChI=1S/C14H21NO3S/c1-10-6-4-5-7-11(10)18-8-9-19-14(2,3)12(15)13(16)17/h4-7,12H,8-9,15H2,1-3H3,(H,16,17)/t12-/m1/s1. The fourth-order valence-electron chi connectivity index (χ4n) is 1.56. The predicted molar refractivity (Wildman–Crippen MR) is 78.8 cm³/mol. The van der Waals surface area contributed by atoms with Crippen LogP contribution in [0.5, 0.6) is 5.75 Å². The number of carboxylic acid groups (broad SMARTS) is 1. The molecule has 0 aliphatic rings. The van der Waals surface area contributed by atoms with E-state index in [9.17, 15) is 4.79 Å². The summed E-state index contributed by atoms with van der Waals surface area (Å²) in [6.07, 6.45) is 0. The molecule has 1 aromatic carbocycles. The lowest BCUT2D eigenvalue weighted by Gasteiger charge is -2.27. The third kappa shape index (κ3) is 4.76. The molecule has 0 saturated carbocycles. The van der Waals surface area contributed by atoms with Crippen molar-refractivity contribution in [3.8, 4) is 5.75 Å². The number of benzene rings is 1. The summed E-state index contributed by atoms with van der Waals surface area (Å²) in [7, 11) is 0. The van der Waals surface area contributed by atoms with Crippen LogP contribution in [0, 0.1) is 6.92 Å². The average molecular weight is 283 g/mol. The first-order chi connectivity index (χ1) is 8.84. The monoisotopic (exact) mass is 283 g/mol. The largest absolute Gasteiger partial charge is 0.492 e. The van der Waals surface area contributed by atoms with Crippen molar-refractivity contribution in [2.45, 2.75) is 31.6 Å². The molecule has 5 heteroatoms. The molecule has 106 valence electrons. The van der Waals surface area contributed by atoms with Crippen molar-refractivity contribution < 1.29 is 14.6 Å². The number of para-hydroxylation sites is 1. The summed E-state index contributed by atoms with van der Waals surface area (Å²) in [4.78, 5) is 10.9. The molecule has 0 saturated heterocycles. The van der Waals surface area contributed by atoms with Gasteiger partial charge in [-0.15, -0.1) is 11.8 Å². The van der Waals surface area contributed by atoms with Gasteiger partial charge in [0.05, 0.1) is 6.61 Å². The van der Waals surface area contributed by atoms with E-state index in [0.717, 1.165) is 11.3 Å². The van der Waals surface area contributed by atoms with E-state index in [0.29, 0.717) is 12.4 Å². The molecule has 0 spiro atoms. The second-order valence-electron chi connectivity index (χ2n) is 4.88. The summed E-state index contributed by atoms with van der Waals surface area (Å²) < 4.78 is 5.15. The number of aryl methyl sites for hydroxylation is 1. The van der Waals surface area contributed by atoms with Gasteiger partial charge in [-0.2, -0.15) is 0 Å². The Labute approximate surface area is 118 Å². The Morgan fingerprint density at radius 1 is 1.47 bits per heavy atom. The zero-order chi connectivity index (χ0) is 14.5. The topological polar surface area (TPSA) is 72.5 Å². The highest BCUT2D eigenvalue weighted by atomic mass is 32.2. The molecule has 0 bridgehead atoms. The van der Waals surface area contributed by atoms with Gasteiger partial charge in [0.1, 0.15) is 11.8 Å². The van der Waals surface area contributed by atoms with Crippen LogP contribution in [0.4, 0.5) is 0 Å². The molecule has 0 amide bonds. The van der Waals surface area contributed by atoms with Crippen LogP contribution in [0.3, 0.4) is 0 Å². The molecule has 4 nitrogen and oxygen atoms in total. The molecule has 0 unspecified atom stereocenters. The number of hydrogen-bond donors (Lipinski definition) is 2. The van der Waals surface area contributed by atoms with Crippen LogP contribution in [0.15, 0.2) is 24.3 Å². The maximum atomic E-state index is 10.9. The second-order valence-corrected chi connectivity index (χ2v) is 6.63. The minimum atomic E-state index is -0.975. The highest BCUT2D eigenvalue weighted by molar-refractivity contribution is 8.00. The lowest BCUT2D eigenvalue weighted by atomic mass is 10.1. The van der Waals surface area contributed by atoms with E-state index in [-0.39, 0.29) is 0 Å². The first kappa shape index (κ1) is 15.9. The van der Waals surface area contributed by atoms with Crippen LogP contribution in [-0.4, -0.2) is 34.2 Å². The van der Waals surface area contributed by atoms with Gasteiger partial charge < -0.3 is 15.6 Å². The Hall–Kier alpha value is -1.20. The number of ether oxygens (including phenoxy) is 1. The molecular weight excluding hydrogens is 262 g/mol. The quantitative estimate of drug-likeness (QED) is 0.751. The third-order valence-electron chi connectivity index (χ3n) is 2.92. The van der Waals surface area contributed by atoms with Crippen LogP contribution in [0.25, 0.3) is 0 Å². The van der Waals surface area contributed by atoms with Gasteiger partial charge in [0, 0.05) is 10.5 Å². The molecule has 0 radical (unpaired) electrons. The van der Waals surface area contributed by atoms with Gasteiger partial charge in [-0.25, -0.2) is 0 Å². The summed E-state index contributed by atoms with van der Waals surface area (Å²) in [6.45, 7) is 6.20. The number of nitrogens with two attached hydrogens (primary N) is 1. The van der Waals surface area contributed by atoms with Gasteiger partial charge >= 0.3 is 5.97 Å². The fraction of sp³-hybridized carbons (Fsp3) is 0.500. The molecule has 0 fully saturated rings. The van der Waals surface area contributed by atoms with E-state index >= 15 is 0 Å². The summed E-state index contributed by atoms with van der Waals surface area (Å²) in [5.74, 6) is 0.586. The first-order valence-corrected chi connectivity index (χ1v) is 7.14. The van der Waals surface area contributed by atoms with Gasteiger partial charge in [0.25, 0.3) is 0 Å². The Morgan fingerprint density at radius 2 is 2.11 bits per heavy atom. The number of rotatable bonds is 7. The van der Waals surface area contributed by atoms with Crippen LogP contribution in [0.2, 0.25) is 0 Å². The molecule has 0 aromatic heterocycles. The van der Waals surface area contributed by atoms with E-state index in [2.05, 4.69) is 0 Å². The highest BCUT2D eigenvalue weighted by Crippen LogP contribution is 2.27. The minimum Gasteiger partial charge on any atom is -0.492 e. The Balaban J connectivity index is 2.39. The van der Waals surface area contributed by atoms with E-state index in [1.54, 1.807) is 0 Å². The zero-order valence-electron chi connectivity index (χ0n) is 11.6. The van der Waals surface area contributed by atoms with Crippen LogP contribution in [0.1, 0.15) is 19.4 Å². The molecule has 0 heterocycles. The lowest BCUT2D eigenvalue weighted by Crippen LogP contribution is -2.47. The van der Waals surface area contributed by atoms with Gasteiger partial charge in [0.15, 0.2) is 0 Å². The van der Waals surface area contributed by atoms with E-state index in [4.69, 9.17) is 15.6 Å². The van der Waals surface area contributed by atoms with Gasteiger partial charge in [-0.1, -0.05) is 18.2 Å². The fourth-order valence-corrected chi connectivity index (χ4v) is 2.53. The van der Waals surface area contributed by atoms with Crippen molar-refractivity contribution in [1.29, 1.82) is 0 Å². The molecule has 0 aliphatic heterocycles. The van der Waals surface area contributed by atoms with Crippen molar-refractivity contribution in [3.05, 3.63) is 29.8 Å². The highest BCUT2D eigenvalue weighted by Gasteiger charge is 2.32. The first-order valence-electron chi connectivity index (χ1n) is 6.15. The van der Waals surface area contributed by atoms with Crippen molar-refractivity contribution in [1.82, 2.24) is 0 Å². The minimum absolute atomic E-state index is 0.513. The van der Waals surface area contributed by atoms with Crippen LogP contribution in [-0.2, 0) is 4.79 Å². The molecule has 3 N–H and O–H groups in total. The van der Waals surface area contributed by atoms with Crippen molar-refractivity contribution in [2.24, 2.45) is 5.73 Å². The van der Waals surface area contributed by atoms with E-state index in [1.165, 1.54) is 11.8 Å². The molecule has 19 heavy (non-hydrogen) atoms. The van der Waals surface area contributed by atoms with Crippen molar-refractivity contribution in [2.75, 3.05) is 12.4 Å². The summed E-state index contributed by atoms with van der Waals surface area (Å²) in [5, 5.41) is 8.92. The van der Waals surface area contributed by atoms with E-state index < -0.39 is 16.8 Å². The number of thioether (sulfide) groups is 1. The average Bonchev–Trinajstić information content (AvgIpc) is 2.35. The van der Waals surface area contributed by atoms with Crippen LogP contribution >= 0.6 is 11.8 Å². The van der Waals surface area contributed by atoms with Crippen LogP contribution < -0.4 is 10.5 Å². The normalized spacial score (nSPS) is 13.1. The number of carbonyl (C=O) groups is 1. The maximum absolute atomic E-state index is 10.9. The number of carboxylic acids is 1. The lowest BCUT2D eigenvalue weighted by molar-refractivity contribution is -0.139. The summed E-state index contributed by atoms with van der Waals surface area (Å²) >= 11 is 1.51. The number of aliphatic carboxylic acids is 1. The van der Waals surface area contributed by atoms with Gasteiger partial charge in [-0.3, -0.25) is 4.79 Å². The molecular formula is C14H21NO3S. The maximum Gasteiger partial charge on any atom is 0.321 e. The Bertz CT molecular complexity index is 434. The Morgan fingerprint density at radius 3 is 2.68 bits per heavy atom. The predicted octanol–water partition coefficient (Wildman–Crippen LogP) is 2.30. The van der Waals surface area contributed by atoms with Crippen molar-refractivity contribution in [3.63, 3.8) is 0 Å². The molecule has 1 aromatic rings. The molecule has 1 atom stereocenters. The van der Waals surface area contributed by atoms with Crippen molar-refractivity contribution >= 4 is 17.7 Å². The Kier molecular flexibility index (Phi) is 5.69. The van der Waals surface area contributed by atoms with E-state index in [1.807, 2.05) is 45.0 Å². The third-order valence-corrected chi connectivity index (χ3v) is 4.29. The molecule has 0 aliphatic carbocycles. The second kappa shape index (κ2) is 6.82. The van der Waals surface area contributed by atoms with Gasteiger partial charge in [0.2, 0.25) is 0 Å². The van der Waals surface area contributed by atoms with Gasteiger partial charge in [-0.05, 0) is 32.4 Å².